The predicted molar refractivity (Wildman–Crippen MR) is 210 cm³/mol. The van der Waals surface area contributed by atoms with E-state index in [9.17, 15) is 0 Å². The molecule has 1 aliphatic rings. The number of fused-ring (bicyclic) bond motifs is 7. The first-order chi connectivity index (χ1) is 24.5. The van der Waals surface area contributed by atoms with Gasteiger partial charge in [-0.25, -0.2) is 15.0 Å². The fourth-order valence-corrected chi connectivity index (χ4v) is 8.89. The van der Waals surface area contributed by atoms with Crippen LogP contribution in [0, 0.1) is 0 Å². The van der Waals surface area contributed by atoms with Crippen LogP contribution in [0.1, 0.15) is 25.0 Å². The standard InChI is InChI=1S/C46H31N3S/c1-46(2)38-15-7-5-12-34(38)37-27-33(24-25-39(37)46)44-47-43(30-21-18-29(19-22-30)32-23-20-28-10-3-4-11-31(28)26-32)48-45(49-44)36-14-9-17-41-42(36)35-13-6-8-16-40(35)50-41/h3-27H,1-2H3. The Balaban J connectivity index is 1.15. The van der Waals surface area contributed by atoms with Crippen LogP contribution in [-0.4, -0.2) is 15.0 Å². The second-order valence-electron chi connectivity index (χ2n) is 13.7. The van der Waals surface area contributed by atoms with Crippen molar-refractivity contribution in [3.8, 4) is 56.4 Å². The zero-order valence-corrected chi connectivity index (χ0v) is 28.5. The number of aromatic nitrogens is 3. The molecule has 2 aromatic heterocycles. The third-order valence-electron chi connectivity index (χ3n) is 10.3. The molecule has 0 N–H and O–H groups in total. The molecule has 9 aromatic rings. The van der Waals surface area contributed by atoms with Crippen LogP contribution in [0.15, 0.2) is 152 Å². The van der Waals surface area contributed by atoms with E-state index in [1.165, 1.54) is 58.8 Å². The first-order valence-electron chi connectivity index (χ1n) is 17.0. The second-order valence-corrected chi connectivity index (χ2v) is 14.7. The zero-order valence-electron chi connectivity index (χ0n) is 27.7. The molecule has 0 fully saturated rings. The van der Waals surface area contributed by atoms with Crippen molar-refractivity contribution in [3.05, 3.63) is 163 Å². The highest BCUT2D eigenvalue weighted by Crippen LogP contribution is 2.49. The summed E-state index contributed by atoms with van der Waals surface area (Å²) in [4.78, 5) is 15.6. The van der Waals surface area contributed by atoms with Gasteiger partial charge in [-0.2, -0.15) is 0 Å². The van der Waals surface area contributed by atoms with Gasteiger partial charge in [-0.3, -0.25) is 0 Å². The molecular formula is C46H31N3S. The highest BCUT2D eigenvalue weighted by atomic mass is 32.1. The van der Waals surface area contributed by atoms with Gasteiger partial charge in [0.1, 0.15) is 0 Å². The SMILES string of the molecule is CC1(C)c2ccccc2-c2cc(-c3nc(-c4ccc(-c5ccc6ccccc6c5)cc4)nc(-c4cccc5sc6ccccc6c45)n3)ccc21. The normalized spacial score (nSPS) is 13.2. The van der Waals surface area contributed by atoms with Crippen LogP contribution < -0.4 is 0 Å². The van der Waals surface area contributed by atoms with Gasteiger partial charge < -0.3 is 0 Å². The molecule has 0 spiro atoms. The molecule has 2 heterocycles. The first kappa shape index (κ1) is 29.0. The Kier molecular flexibility index (Phi) is 6.39. The summed E-state index contributed by atoms with van der Waals surface area (Å²) in [5, 5.41) is 4.89. The molecule has 10 rings (SSSR count). The average Bonchev–Trinajstić information content (AvgIpc) is 3.66. The Labute approximate surface area is 294 Å². The summed E-state index contributed by atoms with van der Waals surface area (Å²) in [6.07, 6.45) is 0. The highest BCUT2D eigenvalue weighted by molar-refractivity contribution is 7.25. The molecule has 0 radical (unpaired) electrons. The minimum Gasteiger partial charge on any atom is -0.208 e. The number of hydrogen-bond donors (Lipinski definition) is 0. The minimum atomic E-state index is -0.0671. The summed E-state index contributed by atoms with van der Waals surface area (Å²) in [5.41, 5.74) is 10.4. The van der Waals surface area contributed by atoms with Gasteiger partial charge in [0, 0.05) is 42.3 Å². The molecule has 0 unspecified atom stereocenters. The van der Waals surface area contributed by atoms with Gasteiger partial charge in [0.15, 0.2) is 17.5 Å². The van der Waals surface area contributed by atoms with Gasteiger partial charge in [0.25, 0.3) is 0 Å². The van der Waals surface area contributed by atoms with Crippen molar-refractivity contribution in [1.29, 1.82) is 0 Å². The summed E-state index contributed by atoms with van der Waals surface area (Å²) in [6.45, 7) is 4.62. The summed E-state index contributed by atoms with van der Waals surface area (Å²) >= 11 is 1.81. The van der Waals surface area contributed by atoms with Crippen molar-refractivity contribution in [2.45, 2.75) is 19.3 Å². The average molecular weight is 658 g/mol. The van der Waals surface area contributed by atoms with Crippen LogP contribution in [0.2, 0.25) is 0 Å². The Morgan fingerprint density at radius 1 is 0.420 bits per heavy atom. The lowest BCUT2D eigenvalue weighted by Crippen LogP contribution is -2.14. The van der Waals surface area contributed by atoms with Gasteiger partial charge in [-0.1, -0.05) is 141 Å². The molecule has 50 heavy (non-hydrogen) atoms. The van der Waals surface area contributed by atoms with Crippen LogP contribution in [0.4, 0.5) is 0 Å². The quantitative estimate of drug-likeness (QED) is 0.189. The van der Waals surface area contributed by atoms with Crippen molar-refractivity contribution < 1.29 is 0 Å². The topological polar surface area (TPSA) is 38.7 Å². The molecule has 7 aromatic carbocycles. The lowest BCUT2D eigenvalue weighted by atomic mass is 9.82. The summed E-state index contributed by atoms with van der Waals surface area (Å²) in [5.74, 6) is 2.01. The lowest BCUT2D eigenvalue weighted by Gasteiger charge is -2.21. The summed E-state index contributed by atoms with van der Waals surface area (Å²) in [6, 6.07) is 54.2. The molecule has 0 amide bonds. The van der Waals surface area contributed by atoms with Crippen LogP contribution in [0.25, 0.3) is 87.4 Å². The van der Waals surface area contributed by atoms with Crippen LogP contribution in [-0.2, 0) is 5.41 Å². The first-order valence-corrected chi connectivity index (χ1v) is 17.8. The molecule has 0 saturated carbocycles. The molecule has 0 bridgehead atoms. The number of nitrogens with zero attached hydrogens (tertiary/aromatic N) is 3. The number of thiophene rings is 1. The van der Waals surface area contributed by atoms with E-state index < -0.39 is 0 Å². The Morgan fingerprint density at radius 2 is 1.04 bits per heavy atom. The minimum absolute atomic E-state index is 0.0671. The maximum Gasteiger partial charge on any atom is 0.164 e. The Hall–Kier alpha value is -5.97. The van der Waals surface area contributed by atoms with Gasteiger partial charge in [0.2, 0.25) is 0 Å². The smallest absolute Gasteiger partial charge is 0.164 e. The van der Waals surface area contributed by atoms with Crippen molar-refractivity contribution in [2.75, 3.05) is 0 Å². The zero-order chi connectivity index (χ0) is 33.4. The largest absolute Gasteiger partial charge is 0.208 e. The summed E-state index contributed by atoms with van der Waals surface area (Å²) < 4.78 is 2.48. The molecule has 3 nitrogen and oxygen atoms in total. The van der Waals surface area contributed by atoms with Gasteiger partial charge >= 0.3 is 0 Å². The summed E-state index contributed by atoms with van der Waals surface area (Å²) in [7, 11) is 0. The van der Waals surface area contributed by atoms with E-state index in [1.807, 2.05) is 11.3 Å². The van der Waals surface area contributed by atoms with Crippen molar-refractivity contribution in [2.24, 2.45) is 0 Å². The van der Waals surface area contributed by atoms with Gasteiger partial charge in [-0.05, 0) is 68.4 Å². The number of rotatable bonds is 4. The predicted octanol–water partition coefficient (Wildman–Crippen LogP) is 12.4. The fourth-order valence-electron chi connectivity index (χ4n) is 7.76. The third kappa shape index (κ3) is 4.53. The van der Waals surface area contributed by atoms with Crippen molar-refractivity contribution >= 4 is 42.3 Å². The maximum atomic E-state index is 5.23. The van der Waals surface area contributed by atoms with Gasteiger partial charge in [-0.15, -0.1) is 11.3 Å². The monoisotopic (exact) mass is 657 g/mol. The van der Waals surface area contributed by atoms with Crippen LogP contribution in [0.5, 0.6) is 0 Å². The van der Waals surface area contributed by atoms with Crippen molar-refractivity contribution in [3.63, 3.8) is 0 Å². The van der Waals surface area contributed by atoms with E-state index in [0.717, 1.165) is 22.3 Å². The second kappa shape index (κ2) is 11.0. The van der Waals surface area contributed by atoms with E-state index in [0.29, 0.717) is 17.5 Å². The number of benzene rings is 7. The molecular weight excluding hydrogens is 627 g/mol. The molecule has 4 heteroatoms. The van der Waals surface area contributed by atoms with E-state index in [1.54, 1.807) is 0 Å². The van der Waals surface area contributed by atoms with E-state index in [4.69, 9.17) is 15.0 Å². The van der Waals surface area contributed by atoms with E-state index in [-0.39, 0.29) is 5.41 Å². The Morgan fingerprint density at radius 3 is 1.92 bits per heavy atom. The van der Waals surface area contributed by atoms with Gasteiger partial charge in [0.05, 0.1) is 0 Å². The third-order valence-corrected chi connectivity index (χ3v) is 11.5. The van der Waals surface area contributed by atoms with Crippen molar-refractivity contribution in [1.82, 2.24) is 15.0 Å². The molecule has 0 atom stereocenters. The fraction of sp³-hybridized carbons (Fsp3) is 0.0652. The molecule has 1 aliphatic carbocycles. The van der Waals surface area contributed by atoms with E-state index >= 15 is 0 Å². The lowest BCUT2D eigenvalue weighted by molar-refractivity contribution is 0.660. The molecule has 0 aliphatic heterocycles. The van der Waals surface area contributed by atoms with Crippen LogP contribution in [0.3, 0.4) is 0 Å². The van der Waals surface area contributed by atoms with E-state index in [2.05, 4.69) is 166 Å². The Bertz CT molecular complexity index is 2790. The maximum absolute atomic E-state index is 5.23. The molecule has 0 saturated heterocycles. The highest BCUT2D eigenvalue weighted by Gasteiger charge is 2.35. The number of hydrogen-bond acceptors (Lipinski definition) is 4. The van der Waals surface area contributed by atoms with Crippen LogP contribution >= 0.6 is 11.3 Å². The molecule has 236 valence electrons.